The summed E-state index contributed by atoms with van der Waals surface area (Å²) in [4.78, 5) is 13.0. The van der Waals surface area contributed by atoms with Crippen LogP contribution in [0.3, 0.4) is 0 Å². The van der Waals surface area contributed by atoms with Gasteiger partial charge in [0.1, 0.15) is 0 Å². The molecule has 0 atom stereocenters. The van der Waals surface area contributed by atoms with Gasteiger partial charge in [-0.1, -0.05) is 5.16 Å². The summed E-state index contributed by atoms with van der Waals surface area (Å²) in [6.45, 7) is 3.92. The normalized spacial score (nSPS) is 10.8. The summed E-state index contributed by atoms with van der Waals surface area (Å²) in [5.74, 6) is 1.44. The zero-order valence-corrected chi connectivity index (χ0v) is 14.6. The molecule has 0 aromatic carbocycles. The fourth-order valence-electron chi connectivity index (χ4n) is 2.16. The van der Waals surface area contributed by atoms with E-state index < -0.39 is 0 Å². The Hall–Kier alpha value is -2.28. The van der Waals surface area contributed by atoms with Gasteiger partial charge in [-0.3, -0.25) is 4.98 Å². The van der Waals surface area contributed by atoms with Crippen LogP contribution in [0.1, 0.15) is 22.7 Å². The van der Waals surface area contributed by atoms with Crippen LogP contribution in [0.15, 0.2) is 33.5 Å². The molecule has 0 N–H and O–H groups in total. The van der Waals surface area contributed by atoms with Gasteiger partial charge in [-0.2, -0.15) is 4.98 Å². The van der Waals surface area contributed by atoms with Crippen molar-refractivity contribution in [3.05, 3.63) is 51.7 Å². The fourth-order valence-corrected chi connectivity index (χ4v) is 2.47. The van der Waals surface area contributed by atoms with Gasteiger partial charge < -0.3 is 9.26 Å². The predicted molar refractivity (Wildman–Crippen MR) is 88.3 cm³/mol. The standard InChI is InChI=1S/C16H15BrN4O2/c1-9-4-5-18-8-11(9)6-14-20-15(21-23-14)12-7-13(17)10(2)19-16(12)22-3/h4-5,7-8H,6H2,1-3H3. The van der Waals surface area contributed by atoms with Gasteiger partial charge in [0.2, 0.25) is 17.6 Å². The van der Waals surface area contributed by atoms with E-state index in [0.717, 1.165) is 21.3 Å². The molecule has 0 spiro atoms. The number of aromatic nitrogens is 4. The van der Waals surface area contributed by atoms with Crippen molar-refractivity contribution in [1.29, 1.82) is 0 Å². The number of hydrogen-bond acceptors (Lipinski definition) is 6. The van der Waals surface area contributed by atoms with Gasteiger partial charge in [0.25, 0.3) is 0 Å². The second kappa shape index (κ2) is 6.45. The second-order valence-electron chi connectivity index (χ2n) is 5.10. The summed E-state index contributed by atoms with van der Waals surface area (Å²) in [7, 11) is 1.57. The Balaban J connectivity index is 1.93. The van der Waals surface area contributed by atoms with Crippen LogP contribution in [0, 0.1) is 13.8 Å². The van der Waals surface area contributed by atoms with Crippen molar-refractivity contribution in [2.45, 2.75) is 20.3 Å². The molecule has 0 aliphatic carbocycles. The highest BCUT2D eigenvalue weighted by molar-refractivity contribution is 9.10. The van der Waals surface area contributed by atoms with Gasteiger partial charge in [0.15, 0.2) is 0 Å². The second-order valence-corrected chi connectivity index (χ2v) is 5.96. The van der Waals surface area contributed by atoms with E-state index in [1.54, 1.807) is 13.3 Å². The molecule has 0 bridgehead atoms. The molecule has 3 aromatic rings. The van der Waals surface area contributed by atoms with E-state index in [-0.39, 0.29) is 0 Å². The summed E-state index contributed by atoms with van der Waals surface area (Å²) in [6, 6.07) is 3.84. The van der Waals surface area contributed by atoms with Crippen molar-refractivity contribution in [1.82, 2.24) is 20.1 Å². The Bertz CT molecular complexity index is 848. The van der Waals surface area contributed by atoms with Crippen molar-refractivity contribution in [2.75, 3.05) is 7.11 Å². The number of aryl methyl sites for hydroxylation is 2. The maximum absolute atomic E-state index is 5.36. The molecule has 7 heteroatoms. The number of methoxy groups -OCH3 is 1. The molecular formula is C16H15BrN4O2. The van der Waals surface area contributed by atoms with Gasteiger partial charge in [-0.05, 0) is 53.0 Å². The fraction of sp³-hybridized carbons (Fsp3) is 0.250. The van der Waals surface area contributed by atoms with Gasteiger partial charge in [0, 0.05) is 16.9 Å². The molecule has 0 saturated heterocycles. The van der Waals surface area contributed by atoms with Gasteiger partial charge >= 0.3 is 0 Å². The van der Waals surface area contributed by atoms with Crippen LogP contribution in [0.25, 0.3) is 11.4 Å². The first-order chi connectivity index (χ1) is 11.1. The van der Waals surface area contributed by atoms with E-state index in [1.165, 1.54) is 0 Å². The van der Waals surface area contributed by atoms with E-state index in [0.29, 0.717) is 29.6 Å². The molecule has 0 aliphatic heterocycles. The number of hydrogen-bond donors (Lipinski definition) is 0. The third-order valence-corrected chi connectivity index (χ3v) is 4.31. The predicted octanol–water partition coefficient (Wildman–Crippen LogP) is 3.51. The Morgan fingerprint density at radius 2 is 2.09 bits per heavy atom. The lowest BCUT2D eigenvalue weighted by atomic mass is 10.1. The van der Waals surface area contributed by atoms with E-state index >= 15 is 0 Å². The van der Waals surface area contributed by atoms with Crippen LogP contribution in [0.5, 0.6) is 5.88 Å². The van der Waals surface area contributed by atoms with Crippen LogP contribution in [-0.4, -0.2) is 27.2 Å². The highest BCUT2D eigenvalue weighted by atomic mass is 79.9. The van der Waals surface area contributed by atoms with Crippen LogP contribution in [0.4, 0.5) is 0 Å². The minimum Gasteiger partial charge on any atom is -0.480 e. The smallest absolute Gasteiger partial charge is 0.231 e. The summed E-state index contributed by atoms with van der Waals surface area (Å²) in [5.41, 5.74) is 3.71. The number of pyridine rings is 2. The Morgan fingerprint density at radius 1 is 1.26 bits per heavy atom. The summed E-state index contributed by atoms with van der Waals surface area (Å²) >= 11 is 3.46. The quantitative estimate of drug-likeness (QED) is 0.695. The van der Waals surface area contributed by atoms with Crippen LogP contribution >= 0.6 is 15.9 Å². The van der Waals surface area contributed by atoms with Crippen LogP contribution in [-0.2, 0) is 6.42 Å². The maximum Gasteiger partial charge on any atom is 0.231 e. The summed E-state index contributed by atoms with van der Waals surface area (Å²) in [6.07, 6.45) is 4.11. The Kier molecular flexibility index (Phi) is 4.38. The van der Waals surface area contributed by atoms with Crippen molar-refractivity contribution >= 4 is 15.9 Å². The van der Waals surface area contributed by atoms with Gasteiger partial charge in [0.05, 0.1) is 24.8 Å². The average molecular weight is 375 g/mol. The Morgan fingerprint density at radius 3 is 2.83 bits per heavy atom. The van der Waals surface area contributed by atoms with E-state index in [9.17, 15) is 0 Å². The van der Waals surface area contributed by atoms with Crippen molar-refractivity contribution < 1.29 is 9.26 Å². The number of nitrogens with zero attached hydrogens (tertiary/aromatic N) is 4. The van der Waals surface area contributed by atoms with Crippen molar-refractivity contribution in [3.63, 3.8) is 0 Å². The Labute approximate surface area is 142 Å². The lowest BCUT2D eigenvalue weighted by molar-refractivity contribution is 0.383. The number of halogens is 1. The molecule has 0 aliphatic rings. The molecule has 0 unspecified atom stereocenters. The maximum atomic E-state index is 5.36. The van der Waals surface area contributed by atoms with Crippen LogP contribution in [0.2, 0.25) is 0 Å². The SMILES string of the molecule is COc1nc(C)c(Br)cc1-c1noc(Cc2cnccc2C)n1. The summed E-state index contributed by atoms with van der Waals surface area (Å²) in [5, 5.41) is 4.04. The monoisotopic (exact) mass is 374 g/mol. The molecule has 3 rings (SSSR count). The number of ether oxygens (including phenoxy) is 1. The molecule has 0 radical (unpaired) electrons. The number of rotatable bonds is 4. The zero-order valence-electron chi connectivity index (χ0n) is 13.0. The van der Waals surface area contributed by atoms with E-state index in [2.05, 4.69) is 36.0 Å². The molecule has 118 valence electrons. The first kappa shape index (κ1) is 15.6. The van der Waals surface area contributed by atoms with Crippen LogP contribution < -0.4 is 4.74 Å². The zero-order chi connectivity index (χ0) is 16.4. The topological polar surface area (TPSA) is 73.9 Å². The molecule has 6 nitrogen and oxygen atoms in total. The molecule has 3 heterocycles. The minimum atomic E-state index is 0.451. The van der Waals surface area contributed by atoms with Crippen molar-refractivity contribution in [3.8, 4) is 17.3 Å². The molecule has 3 aromatic heterocycles. The third-order valence-electron chi connectivity index (χ3n) is 3.51. The lowest BCUT2D eigenvalue weighted by Crippen LogP contribution is -1.96. The highest BCUT2D eigenvalue weighted by Gasteiger charge is 2.17. The molecule has 0 amide bonds. The van der Waals surface area contributed by atoms with Crippen molar-refractivity contribution in [2.24, 2.45) is 0 Å². The van der Waals surface area contributed by atoms with E-state index in [1.807, 2.05) is 32.2 Å². The lowest BCUT2D eigenvalue weighted by Gasteiger charge is -2.06. The van der Waals surface area contributed by atoms with Gasteiger partial charge in [-0.25, -0.2) is 4.98 Å². The highest BCUT2D eigenvalue weighted by Crippen LogP contribution is 2.30. The largest absolute Gasteiger partial charge is 0.480 e. The average Bonchev–Trinajstić information content (AvgIpc) is 3.00. The third kappa shape index (κ3) is 3.24. The molecule has 0 saturated carbocycles. The molecule has 0 fully saturated rings. The van der Waals surface area contributed by atoms with E-state index in [4.69, 9.17) is 9.26 Å². The summed E-state index contributed by atoms with van der Waals surface area (Å²) < 4.78 is 11.5. The first-order valence-corrected chi connectivity index (χ1v) is 7.81. The van der Waals surface area contributed by atoms with Gasteiger partial charge in [-0.15, -0.1) is 0 Å². The molecule has 23 heavy (non-hydrogen) atoms. The first-order valence-electron chi connectivity index (χ1n) is 7.02. The minimum absolute atomic E-state index is 0.451. The molecular weight excluding hydrogens is 360 g/mol.